The van der Waals surface area contributed by atoms with Crippen LogP contribution in [0, 0.1) is 22.2 Å². The molecule has 0 aromatic rings. The molecule has 2 fully saturated rings. The van der Waals surface area contributed by atoms with Gasteiger partial charge >= 0.3 is 0 Å². The van der Waals surface area contributed by atoms with Gasteiger partial charge in [-0.1, -0.05) is 39.3 Å². The zero-order valence-corrected chi connectivity index (χ0v) is 13.3. The molecule has 0 aliphatic heterocycles. The largest absolute Gasteiger partial charge is 0.393 e. The maximum absolute atomic E-state index is 12.4. The third kappa shape index (κ3) is 1.83. The lowest BCUT2D eigenvalue weighted by atomic mass is 9.44. The van der Waals surface area contributed by atoms with Gasteiger partial charge in [0.2, 0.25) is 0 Å². The highest BCUT2D eigenvalue weighted by Crippen LogP contribution is 2.63. The van der Waals surface area contributed by atoms with Crippen molar-refractivity contribution in [3.63, 3.8) is 0 Å². The van der Waals surface area contributed by atoms with E-state index in [1.807, 2.05) is 19.9 Å². The molecule has 3 nitrogen and oxygen atoms in total. The first-order valence-corrected chi connectivity index (χ1v) is 7.78. The van der Waals surface area contributed by atoms with Gasteiger partial charge in [-0.2, -0.15) is 0 Å². The second-order valence-electron chi connectivity index (χ2n) is 8.02. The summed E-state index contributed by atoms with van der Waals surface area (Å²) < 4.78 is 0. The van der Waals surface area contributed by atoms with E-state index in [9.17, 15) is 14.7 Å². The smallest absolute Gasteiger partial charge is 0.178 e. The number of rotatable bonds is 0. The fourth-order valence-electron chi connectivity index (χ4n) is 5.29. The van der Waals surface area contributed by atoms with Gasteiger partial charge in [0.15, 0.2) is 5.78 Å². The second kappa shape index (κ2) is 4.16. The molecule has 3 aliphatic rings. The highest BCUT2D eigenvalue weighted by atomic mass is 16.3. The number of hydrogen-bond acceptors (Lipinski definition) is 3. The third-order valence-electron chi connectivity index (χ3n) is 6.20. The Morgan fingerprint density at radius 1 is 1.19 bits per heavy atom. The van der Waals surface area contributed by atoms with E-state index < -0.39 is 11.5 Å². The summed E-state index contributed by atoms with van der Waals surface area (Å²) in [5, 5.41) is 10.8. The summed E-state index contributed by atoms with van der Waals surface area (Å²) >= 11 is 0. The number of Topliss-reactive ketones (excluding diaryl/α,β-unsaturated/α-hetero) is 1. The van der Waals surface area contributed by atoms with Crippen molar-refractivity contribution in [2.45, 2.75) is 53.1 Å². The summed E-state index contributed by atoms with van der Waals surface area (Å²) in [6.07, 6.45) is 6.62. The Morgan fingerprint density at radius 3 is 2.52 bits per heavy atom. The fraction of sp³-hybridized carbons (Fsp3) is 0.667. The number of carbonyl (C=O) groups is 2. The van der Waals surface area contributed by atoms with Gasteiger partial charge in [0.1, 0.15) is 5.78 Å². The number of aliphatic hydroxyl groups excluding tert-OH is 1. The molecule has 1 N–H and O–H groups in total. The Kier molecular flexibility index (Phi) is 2.91. The van der Waals surface area contributed by atoms with E-state index in [4.69, 9.17) is 0 Å². The van der Waals surface area contributed by atoms with Crippen molar-refractivity contribution in [1.29, 1.82) is 0 Å². The van der Waals surface area contributed by atoms with Crippen LogP contribution in [0.5, 0.6) is 0 Å². The fourth-order valence-corrected chi connectivity index (χ4v) is 5.29. The second-order valence-corrected chi connectivity index (χ2v) is 8.02. The SMILES string of the molecule is CC12C=CC(=O)C=C1C1(C)CCC(=O)C(C)(C)[C@@H]1[C@@H](O)C2. The van der Waals surface area contributed by atoms with Crippen molar-refractivity contribution in [2.24, 2.45) is 22.2 Å². The Labute approximate surface area is 126 Å². The van der Waals surface area contributed by atoms with Crippen LogP contribution >= 0.6 is 0 Å². The highest BCUT2D eigenvalue weighted by Gasteiger charge is 2.61. The molecule has 114 valence electrons. The van der Waals surface area contributed by atoms with E-state index >= 15 is 0 Å². The van der Waals surface area contributed by atoms with Crippen molar-refractivity contribution < 1.29 is 14.7 Å². The summed E-state index contributed by atoms with van der Waals surface area (Å²) in [6.45, 7) is 8.12. The first kappa shape index (κ1) is 14.7. The molecule has 0 radical (unpaired) electrons. The van der Waals surface area contributed by atoms with Gasteiger partial charge in [-0.25, -0.2) is 0 Å². The van der Waals surface area contributed by atoms with Gasteiger partial charge in [0, 0.05) is 23.2 Å². The van der Waals surface area contributed by atoms with E-state index in [0.717, 1.165) is 12.0 Å². The molecule has 3 rings (SSSR count). The maximum Gasteiger partial charge on any atom is 0.178 e. The van der Waals surface area contributed by atoms with Crippen LogP contribution in [-0.2, 0) is 9.59 Å². The van der Waals surface area contributed by atoms with Gasteiger partial charge < -0.3 is 5.11 Å². The van der Waals surface area contributed by atoms with Crippen LogP contribution in [0.15, 0.2) is 23.8 Å². The van der Waals surface area contributed by atoms with Crippen LogP contribution in [0.3, 0.4) is 0 Å². The van der Waals surface area contributed by atoms with Crippen LogP contribution in [0.4, 0.5) is 0 Å². The summed E-state index contributed by atoms with van der Waals surface area (Å²) in [4.78, 5) is 24.2. The molecule has 2 unspecified atom stereocenters. The van der Waals surface area contributed by atoms with Gasteiger partial charge in [0.05, 0.1) is 6.10 Å². The first-order chi connectivity index (χ1) is 9.61. The summed E-state index contributed by atoms with van der Waals surface area (Å²) in [5.74, 6) is 0.129. The molecule has 3 heteroatoms. The zero-order valence-electron chi connectivity index (χ0n) is 13.3. The molecule has 0 aromatic heterocycles. The number of ketones is 2. The molecule has 0 aromatic carbocycles. The van der Waals surface area contributed by atoms with Crippen LogP contribution < -0.4 is 0 Å². The number of carbonyl (C=O) groups excluding carboxylic acids is 2. The van der Waals surface area contributed by atoms with Gasteiger partial charge in [-0.05, 0) is 30.4 Å². The molecule has 0 heterocycles. The first-order valence-electron chi connectivity index (χ1n) is 7.78. The Hall–Kier alpha value is -1.22. The van der Waals surface area contributed by atoms with Gasteiger partial charge in [-0.15, -0.1) is 0 Å². The van der Waals surface area contributed by atoms with Crippen molar-refractivity contribution >= 4 is 11.6 Å². The van der Waals surface area contributed by atoms with Crippen LogP contribution in [-0.4, -0.2) is 22.8 Å². The molecule has 4 atom stereocenters. The van der Waals surface area contributed by atoms with Crippen LogP contribution in [0.25, 0.3) is 0 Å². The van der Waals surface area contributed by atoms with Crippen molar-refractivity contribution in [3.05, 3.63) is 23.8 Å². The quantitative estimate of drug-likeness (QED) is 0.745. The zero-order chi connectivity index (χ0) is 15.6. The van der Waals surface area contributed by atoms with E-state index in [1.54, 1.807) is 12.2 Å². The molecular weight excluding hydrogens is 264 g/mol. The monoisotopic (exact) mass is 288 g/mol. The predicted molar refractivity (Wildman–Crippen MR) is 80.6 cm³/mol. The lowest BCUT2D eigenvalue weighted by Crippen LogP contribution is -2.59. The summed E-state index contributed by atoms with van der Waals surface area (Å²) in [7, 11) is 0. The van der Waals surface area contributed by atoms with Gasteiger partial charge in [-0.3, -0.25) is 9.59 Å². The van der Waals surface area contributed by atoms with E-state index in [0.29, 0.717) is 12.8 Å². The topological polar surface area (TPSA) is 54.4 Å². The average molecular weight is 288 g/mol. The molecule has 0 spiro atoms. The van der Waals surface area contributed by atoms with Crippen molar-refractivity contribution in [2.75, 3.05) is 0 Å². The Bertz CT molecular complexity index is 583. The summed E-state index contributed by atoms with van der Waals surface area (Å²) in [5.41, 5.74) is 0.0105. The Balaban J connectivity index is 2.17. The number of hydrogen-bond donors (Lipinski definition) is 1. The maximum atomic E-state index is 12.4. The van der Waals surface area contributed by atoms with Crippen molar-refractivity contribution in [3.8, 4) is 0 Å². The molecular formula is C18H24O3. The number of allylic oxidation sites excluding steroid dienone is 4. The minimum absolute atomic E-state index is 0.0218. The summed E-state index contributed by atoms with van der Waals surface area (Å²) in [6, 6.07) is 0. The normalized spacial score (nSPS) is 44.9. The van der Waals surface area contributed by atoms with Crippen molar-refractivity contribution in [1.82, 2.24) is 0 Å². The van der Waals surface area contributed by atoms with Crippen LogP contribution in [0.1, 0.15) is 47.0 Å². The molecule has 0 amide bonds. The molecule has 2 saturated carbocycles. The molecule has 21 heavy (non-hydrogen) atoms. The predicted octanol–water partition coefficient (Wildman–Crippen LogP) is 2.83. The van der Waals surface area contributed by atoms with E-state index in [-0.39, 0.29) is 28.3 Å². The minimum atomic E-state index is -0.543. The lowest BCUT2D eigenvalue weighted by Gasteiger charge is -2.60. The Morgan fingerprint density at radius 2 is 1.86 bits per heavy atom. The third-order valence-corrected chi connectivity index (χ3v) is 6.20. The molecule has 0 saturated heterocycles. The highest BCUT2D eigenvalue weighted by molar-refractivity contribution is 6.01. The minimum Gasteiger partial charge on any atom is -0.393 e. The molecule has 3 aliphatic carbocycles. The van der Waals surface area contributed by atoms with Gasteiger partial charge in [0.25, 0.3) is 0 Å². The standard InChI is InChI=1S/C18H24O3/c1-16(2)14(21)6-8-18(4)13-9-11(19)5-7-17(13,3)10-12(20)15(16)18/h5,7,9,12,15,20H,6,8,10H2,1-4H3/t12-,15-,17?,18?/m0/s1. The number of fused-ring (bicyclic) bond motifs is 3. The average Bonchev–Trinajstić information content (AvgIpc) is 2.36. The molecule has 0 bridgehead atoms. The lowest BCUT2D eigenvalue weighted by molar-refractivity contribution is -0.152. The van der Waals surface area contributed by atoms with Crippen LogP contribution in [0.2, 0.25) is 0 Å². The number of aliphatic hydroxyl groups is 1. The van der Waals surface area contributed by atoms with E-state index in [2.05, 4.69) is 13.8 Å². The van der Waals surface area contributed by atoms with E-state index in [1.165, 1.54) is 0 Å².